The van der Waals surface area contributed by atoms with Crippen LogP contribution in [0.4, 0.5) is 0 Å². The Bertz CT molecular complexity index is 121. The van der Waals surface area contributed by atoms with Crippen LogP contribution in [0.5, 0.6) is 0 Å². The van der Waals surface area contributed by atoms with Crippen molar-refractivity contribution in [1.29, 1.82) is 0 Å². The minimum Gasteiger partial charge on any atom is -0.382 e. The summed E-state index contributed by atoms with van der Waals surface area (Å²) in [6.07, 6.45) is 1.59. The standard InChI is InChI=1S/C10H24N2O2/c1-3-13-7-5-10(12,9-11)6-8-14-4-2/h3-9,11-12H2,1-2H3. The zero-order valence-corrected chi connectivity index (χ0v) is 9.42. The molecule has 0 aliphatic heterocycles. The Morgan fingerprint density at radius 3 is 1.71 bits per heavy atom. The third-order valence-electron chi connectivity index (χ3n) is 2.30. The minimum atomic E-state index is -0.329. The first-order chi connectivity index (χ1) is 6.68. The summed E-state index contributed by atoms with van der Waals surface area (Å²) in [7, 11) is 0. The van der Waals surface area contributed by atoms with Crippen LogP contribution in [-0.4, -0.2) is 38.5 Å². The highest BCUT2D eigenvalue weighted by atomic mass is 16.5. The van der Waals surface area contributed by atoms with Gasteiger partial charge >= 0.3 is 0 Å². The summed E-state index contributed by atoms with van der Waals surface area (Å²) in [4.78, 5) is 0. The molecule has 0 aliphatic rings. The lowest BCUT2D eigenvalue weighted by Crippen LogP contribution is -2.48. The number of hydrogen-bond acceptors (Lipinski definition) is 4. The van der Waals surface area contributed by atoms with E-state index in [-0.39, 0.29) is 5.54 Å². The first kappa shape index (κ1) is 13.8. The van der Waals surface area contributed by atoms with E-state index in [4.69, 9.17) is 20.9 Å². The highest BCUT2D eigenvalue weighted by molar-refractivity contribution is 4.84. The van der Waals surface area contributed by atoms with Crippen LogP contribution < -0.4 is 11.5 Å². The molecule has 4 heteroatoms. The molecule has 0 bridgehead atoms. The lowest BCUT2D eigenvalue weighted by Gasteiger charge is -2.27. The number of nitrogens with two attached hydrogens (primary N) is 2. The van der Waals surface area contributed by atoms with Gasteiger partial charge in [0.1, 0.15) is 0 Å². The Labute approximate surface area is 86.9 Å². The van der Waals surface area contributed by atoms with Crippen molar-refractivity contribution in [3.05, 3.63) is 0 Å². The van der Waals surface area contributed by atoms with E-state index in [1.165, 1.54) is 0 Å². The fourth-order valence-electron chi connectivity index (χ4n) is 1.17. The van der Waals surface area contributed by atoms with Crippen LogP contribution in [0, 0.1) is 0 Å². The first-order valence-corrected chi connectivity index (χ1v) is 5.33. The van der Waals surface area contributed by atoms with Crippen molar-refractivity contribution < 1.29 is 9.47 Å². The third kappa shape index (κ3) is 6.32. The fraction of sp³-hybridized carbons (Fsp3) is 1.00. The van der Waals surface area contributed by atoms with E-state index >= 15 is 0 Å². The fourth-order valence-corrected chi connectivity index (χ4v) is 1.17. The van der Waals surface area contributed by atoms with Gasteiger partial charge in [-0.3, -0.25) is 0 Å². The quantitative estimate of drug-likeness (QED) is 0.536. The molecule has 0 amide bonds. The summed E-state index contributed by atoms with van der Waals surface area (Å²) in [5, 5.41) is 0. The molecule has 4 nitrogen and oxygen atoms in total. The first-order valence-electron chi connectivity index (χ1n) is 5.33. The maximum absolute atomic E-state index is 6.09. The van der Waals surface area contributed by atoms with Gasteiger partial charge in [0.05, 0.1) is 0 Å². The average Bonchev–Trinajstić information content (AvgIpc) is 2.19. The molecule has 0 aromatic heterocycles. The van der Waals surface area contributed by atoms with Gasteiger partial charge in [0.25, 0.3) is 0 Å². The van der Waals surface area contributed by atoms with E-state index in [2.05, 4.69) is 0 Å². The van der Waals surface area contributed by atoms with E-state index in [9.17, 15) is 0 Å². The molecule has 0 heterocycles. The monoisotopic (exact) mass is 204 g/mol. The molecule has 0 rings (SSSR count). The van der Waals surface area contributed by atoms with E-state index in [1.54, 1.807) is 0 Å². The van der Waals surface area contributed by atoms with Crippen LogP contribution in [0.2, 0.25) is 0 Å². The maximum atomic E-state index is 6.09. The molecular weight excluding hydrogens is 180 g/mol. The van der Waals surface area contributed by atoms with Crippen LogP contribution in [0.25, 0.3) is 0 Å². The third-order valence-corrected chi connectivity index (χ3v) is 2.30. The second-order valence-electron chi connectivity index (χ2n) is 3.46. The molecule has 0 radical (unpaired) electrons. The van der Waals surface area contributed by atoms with Crippen molar-refractivity contribution >= 4 is 0 Å². The van der Waals surface area contributed by atoms with Gasteiger partial charge in [0.2, 0.25) is 0 Å². The molecule has 0 unspecified atom stereocenters. The Balaban J connectivity index is 3.67. The van der Waals surface area contributed by atoms with Crippen molar-refractivity contribution in [1.82, 2.24) is 0 Å². The van der Waals surface area contributed by atoms with Gasteiger partial charge in [0, 0.05) is 38.5 Å². The zero-order valence-electron chi connectivity index (χ0n) is 9.42. The van der Waals surface area contributed by atoms with Gasteiger partial charge in [-0.05, 0) is 26.7 Å². The topological polar surface area (TPSA) is 70.5 Å². The van der Waals surface area contributed by atoms with E-state index in [0.29, 0.717) is 19.8 Å². The molecular formula is C10H24N2O2. The van der Waals surface area contributed by atoms with Gasteiger partial charge in [-0.2, -0.15) is 0 Å². The van der Waals surface area contributed by atoms with E-state index < -0.39 is 0 Å². The van der Waals surface area contributed by atoms with Gasteiger partial charge in [-0.1, -0.05) is 0 Å². The molecule has 0 saturated carbocycles. The summed E-state index contributed by atoms with van der Waals surface area (Å²) < 4.78 is 10.5. The summed E-state index contributed by atoms with van der Waals surface area (Å²) >= 11 is 0. The lowest BCUT2D eigenvalue weighted by molar-refractivity contribution is 0.0987. The largest absolute Gasteiger partial charge is 0.382 e. The predicted octanol–water partition coefficient (Wildman–Crippen LogP) is 0.496. The number of hydrogen-bond donors (Lipinski definition) is 2. The molecule has 4 N–H and O–H groups in total. The highest BCUT2D eigenvalue weighted by Crippen LogP contribution is 2.10. The molecule has 0 aromatic carbocycles. The summed E-state index contributed by atoms with van der Waals surface area (Å²) in [6, 6.07) is 0. The van der Waals surface area contributed by atoms with Gasteiger partial charge in [0.15, 0.2) is 0 Å². The summed E-state index contributed by atoms with van der Waals surface area (Å²) in [6.45, 7) is 7.24. The molecule has 86 valence electrons. The van der Waals surface area contributed by atoms with Crippen molar-refractivity contribution in [3.8, 4) is 0 Å². The van der Waals surface area contributed by atoms with Crippen molar-refractivity contribution in [2.45, 2.75) is 32.2 Å². The Morgan fingerprint density at radius 1 is 1.00 bits per heavy atom. The smallest absolute Gasteiger partial charge is 0.0483 e. The summed E-state index contributed by atoms with van der Waals surface area (Å²) in [5.74, 6) is 0. The SMILES string of the molecule is CCOCCC(N)(CN)CCOCC. The minimum absolute atomic E-state index is 0.329. The Kier molecular flexibility index (Phi) is 8.08. The second kappa shape index (κ2) is 8.17. The Hall–Kier alpha value is -0.160. The normalized spacial score (nSPS) is 12.0. The van der Waals surface area contributed by atoms with Gasteiger partial charge < -0.3 is 20.9 Å². The van der Waals surface area contributed by atoms with E-state index in [0.717, 1.165) is 26.1 Å². The molecule has 14 heavy (non-hydrogen) atoms. The molecule has 0 aromatic rings. The lowest BCUT2D eigenvalue weighted by atomic mass is 9.93. The zero-order chi connectivity index (χ0) is 10.9. The van der Waals surface area contributed by atoms with E-state index in [1.807, 2.05) is 13.8 Å². The Morgan fingerprint density at radius 2 is 1.43 bits per heavy atom. The number of rotatable bonds is 9. The van der Waals surface area contributed by atoms with Crippen molar-refractivity contribution in [2.24, 2.45) is 11.5 Å². The molecule has 0 saturated heterocycles. The van der Waals surface area contributed by atoms with Crippen LogP contribution in [0.3, 0.4) is 0 Å². The molecule has 0 atom stereocenters. The average molecular weight is 204 g/mol. The second-order valence-corrected chi connectivity index (χ2v) is 3.46. The molecule has 0 spiro atoms. The van der Waals surface area contributed by atoms with Crippen LogP contribution in [0.1, 0.15) is 26.7 Å². The number of ether oxygens (including phenoxy) is 2. The van der Waals surface area contributed by atoms with Crippen LogP contribution >= 0.6 is 0 Å². The summed E-state index contributed by atoms with van der Waals surface area (Å²) in [5.41, 5.74) is 11.4. The van der Waals surface area contributed by atoms with Gasteiger partial charge in [-0.15, -0.1) is 0 Å². The predicted molar refractivity (Wildman–Crippen MR) is 58.2 cm³/mol. The van der Waals surface area contributed by atoms with Gasteiger partial charge in [-0.25, -0.2) is 0 Å². The maximum Gasteiger partial charge on any atom is 0.0483 e. The van der Waals surface area contributed by atoms with Crippen molar-refractivity contribution in [3.63, 3.8) is 0 Å². The molecule has 0 aliphatic carbocycles. The highest BCUT2D eigenvalue weighted by Gasteiger charge is 2.22. The van der Waals surface area contributed by atoms with Crippen molar-refractivity contribution in [2.75, 3.05) is 33.0 Å². The van der Waals surface area contributed by atoms with Crippen LogP contribution in [0.15, 0.2) is 0 Å². The molecule has 0 fully saturated rings. The van der Waals surface area contributed by atoms with Crippen LogP contribution in [-0.2, 0) is 9.47 Å².